The molecular formula is C17H19NO3. The number of methoxy groups -OCH3 is 1. The van der Waals surface area contributed by atoms with E-state index in [0.717, 1.165) is 11.3 Å². The van der Waals surface area contributed by atoms with Gasteiger partial charge in [-0.1, -0.05) is 6.07 Å². The number of aryl methyl sites for hydroxylation is 1. The molecule has 0 saturated carbocycles. The Morgan fingerprint density at radius 2 is 1.95 bits per heavy atom. The number of nitrogen functional groups attached to an aromatic ring is 1. The van der Waals surface area contributed by atoms with Crippen LogP contribution in [0.2, 0.25) is 0 Å². The van der Waals surface area contributed by atoms with Gasteiger partial charge in [-0.05, 0) is 49.7 Å². The number of Topliss-reactive ketones (excluding diaryl/α,β-unsaturated/α-hetero) is 1. The number of anilines is 1. The number of nitrogens with two attached hydrogens (primary N) is 1. The summed E-state index contributed by atoms with van der Waals surface area (Å²) in [7, 11) is 1.61. The van der Waals surface area contributed by atoms with E-state index in [2.05, 4.69) is 0 Å². The average molecular weight is 285 g/mol. The summed E-state index contributed by atoms with van der Waals surface area (Å²) in [4.78, 5) is 12.4. The molecule has 2 rings (SSSR count). The Bertz CT molecular complexity index is 652. The van der Waals surface area contributed by atoms with E-state index in [-0.39, 0.29) is 5.78 Å². The number of benzene rings is 2. The fraction of sp³-hybridized carbons (Fsp3) is 0.235. The van der Waals surface area contributed by atoms with Crippen molar-refractivity contribution in [2.75, 3.05) is 12.8 Å². The molecule has 1 atom stereocenters. The highest BCUT2D eigenvalue weighted by Gasteiger charge is 2.18. The number of carbonyl (C=O) groups excluding carboxylic acids is 1. The van der Waals surface area contributed by atoms with Crippen LogP contribution in [0, 0.1) is 6.92 Å². The first-order valence-corrected chi connectivity index (χ1v) is 6.72. The van der Waals surface area contributed by atoms with Gasteiger partial charge >= 0.3 is 0 Å². The molecule has 0 aromatic heterocycles. The normalized spacial score (nSPS) is 11.8. The average Bonchev–Trinajstić information content (AvgIpc) is 2.46. The molecular weight excluding hydrogens is 266 g/mol. The van der Waals surface area contributed by atoms with E-state index in [1.54, 1.807) is 56.5 Å². The van der Waals surface area contributed by atoms with Crippen LogP contribution in [0.3, 0.4) is 0 Å². The maximum Gasteiger partial charge on any atom is 0.203 e. The van der Waals surface area contributed by atoms with E-state index in [1.807, 2.05) is 6.92 Å². The van der Waals surface area contributed by atoms with E-state index < -0.39 is 6.10 Å². The van der Waals surface area contributed by atoms with Crippen molar-refractivity contribution in [1.82, 2.24) is 0 Å². The van der Waals surface area contributed by atoms with Gasteiger partial charge in [-0.3, -0.25) is 4.79 Å². The maximum atomic E-state index is 12.4. The standard InChI is InChI=1S/C17H19NO3/c1-11-9-13(7-8-16(11)20-3)17(19)12(2)21-15-6-4-5-14(18)10-15/h4-10,12H,18H2,1-3H3. The molecule has 0 aliphatic carbocycles. The second kappa shape index (κ2) is 6.31. The van der Waals surface area contributed by atoms with Crippen LogP contribution in [0.1, 0.15) is 22.8 Å². The van der Waals surface area contributed by atoms with E-state index in [9.17, 15) is 4.79 Å². The Morgan fingerprint density at radius 1 is 1.19 bits per heavy atom. The summed E-state index contributed by atoms with van der Waals surface area (Å²) >= 11 is 0. The second-order valence-corrected chi connectivity index (χ2v) is 4.88. The van der Waals surface area contributed by atoms with Crippen LogP contribution in [0.4, 0.5) is 5.69 Å². The Hall–Kier alpha value is -2.49. The summed E-state index contributed by atoms with van der Waals surface area (Å²) in [6.45, 7) is 3.63. The van der Waals surface area contributed by atoms with E-state index in [1.165, 1.54) is 0 Å². The molecule has 21 heavy (non-hydrogen) atoms. The Labute approximate surface area is 124 Å². The third kappa shape index (κ3) is 3.54. The van der Waals surface area contributed by atoms with Crippen LogP contribution in [0.25, 0.3) is 0 Å². The van der Waals surface area contributed by atoms with Crippen LogP contribution < -0.4 is 15.2 Å². The molecule has 4 nitrogen and oxygen atoms in total. The minimum Gasteiger partial charge on any atom is -0.496 e. The second-order valence-electron chi connectivity index (χ2n) is 4.88. The van der Waals surface area contributed by atoms with Crippen LogP contribution >= 0.6 is 0 Å². The van der Waals surface area contributed by atoms with Crippen LogP contribution in [0.5, 0.6) is 11.5 Å². The number of hydrogen-bond donors (Lipinski definition) is 1. The minimum atomic E-state index is -0.584. The lowest BCUT2D eigenvalue weighted by molar-refractivity contribution is 0.0818. The zero-order valence-electron chi connectivity index (χ0n) is 12.4. The van der Waals surface area contributed by atoms with Gasteiger partial charge in [0, 0.05) is 17.3 Å². The highest BCUT2D eigenvalue weighted by molar-refractivity contribution is 5.99. The van der Waals surface area contributed by atoms with Crippen molar-refractivity contribution in [3.63, 3.8) is 0 Å². The Kier molecular flexibility index (Phi) is 4.48. The van der Waals surface area contributed by atoms with Gasteiger partial charge in [-0.2, -0.15) is 0 Å². The van der Waals surface area contributed by atoms with Gasteiger partial charge in [0.15, 0.2) is 6.10 Å². The lowest BCUT2D eigenvalue weighted by Crippen LogP contribution is -2.24. The summed E-state index contributed by atoms with van der Waals surface area (Å²) in [5, 5.41) is 0. The molecule has 0 spiro atoms. The highest BCUT2D eigenvalue weighted by Crippen LogP contribution is 2.21. The van der Waals surface area contributed by atoms with Gasteiger partial charge in [0.1, 0.15) is 11.5 Å². The smallest absolute Gasteiger partial charge is 0.203 e. The van der Waals surface area contributed by atoms with Crippen LogP contribution in [-0.2, 0) is 0 Å². The molecule has 0 saturated heterocycles. The molecule has 0 amide bonds. The summed E-state index contributed by atoms with van der Waals surface area (Å²) in [5.41, 5.74) is 7.82. The summed E-state index contributed by atoms with van der Waals surface area (Å²) < 4.78 is 10.8. The first kappa shape index (κ1) is 14.9. The molecule has 0 aliphatic heterocycles. The van der Waals surface area contributed by atoms with Crippen molar-refractivity contribution < 1.29 is 14.3 Å². The van der Waals surface area contributed by atoms with Gasteiger partial charge in [0.2, 0.25) is 5.78 Å². The minimum absolute atomic E-state index is 0.0804. The van der Waals surface area contributed by atoms with Gasteiger partial charge < -0.3 is 15.2 Å². The Morgan fingerprint density at radius 3 is 2.57 bits per heavy atom. The predicted octanol–water partition coefficient (Wildman–Crippen LogP) is 3.24. The largest absolute Gasteiger partial charge is 0.496 e. The van der Waals surface area contributed by atoms with Gasteiger partial charge in [0.05, 0.1) is 7.11 Å². The number of ether oxygens (including phenoxy) is 2. The van der Waals surface area contributed by atoms with Crippen molar-refractivity contribution in [2.45, 2.75) is 20.0 Å². The highest BCUT2D eigenvalue weighted by atomic mass is 16.5. The van der Waals surface area contributed by atoms with E-state index in [4.69, 9.17) is 15.2 Å². The summed E-state index contributed by atoms with van der Waals surface area (Å²) in [5.74, 6) is 1.26. The Balaban J connectivity index is 2.14. The van der Waals surface area contributed by atoms with Gasteiger partial charge in [-0.15, -0.1) is 0 Å². The fourth-order valence-electron chi connectivity index (χ4n) is 2.11. The zero-order valence-corrected chi connectivity index (χ0v) is 12.4. The van der Waals surface area contributed by atoms with Crippen molar-refractivity contribution in [2.24, 2.45) is 0 Å². The van der Waals surface area contributed by atoms with Gasteiger partial charge in [-0.25, -0.2) is 0 Å². The first-order valence-electron chi connectivity index (χ1n) is 6.72. The first-order chi connectivity index (χ1) is 10.0. The van der Waals surface area contributed by atoms with Crippen molar-refractivity contribution in [3.8, 4) is 11.5 Å². The molecule has 0 radical (unpaired) electrons. The van der Waals surface area contributed by atoms with Crippen molar-refractivity contribution >= 4 is 11.5 Å². The molecule has 0 heterocycles. The molecule has 2 N–H and O–H groups in total. The van der Waals surface area contributed by atoms with Gasteiger partial charge in [0.25, 0.3) is 0 Å². The molecule has 4 heteroatoms. The lowest BCUT2D eigenvalue weighted by Gasteiger charge is -2.15. The number of ketones is 1. The number of hydrogen-bond acceptors (Lipinski definition) is 4. The lowest BCUT2D eigenvalue weighted by atomic mass is 10.0. The molecule has 0 bridgehead atoms. The summed E-state index contributed by atoms with van der Waals surface area (Å²) in [6.07, 6.45) is -0.584. The van der Waals surface area contributed by atoms with Crippen molar-refractivity contribution in [3.05, 3.63) is 53.6 Å². The third-order valence-electron chi connectivity index (χ3n) is 3.22. The quantitative estimate of drug-likeness (QED) is 0.676. The van der Waals surface area contributed by atoms with Crippen LogP contribution in [-0.4, -0.2) is 19.0 Å². The summed E-state index contributed by atoms with van der Waals surface area (Å²) in [6, 6.07) is 12.4. The molecule has 0 fully saturated rings. The number of rotatable bonds is 5. The van der Waals surface area contributed by atoms with Crippen molar-refractivity contribution in [1.29, 1.82) is 0 Å². The molecule has 0 aliphatic rings. The molecule has 110 valence electrons. The maximum absolute atomic E-state index is 12.4. The fourth-order valence-corrected chi connectivity index (χ4v) is 2.11. The monoisotopic (exact) mass is 285 g/mol. The third-order valence-corrected chi connectivity index (χ3v) is 3.22. The predicted molar refractivity (Wildman–Crippen MR) is 83.0 cm³/mol. The molecule has 2 aromatic rings. The SMILES string of the molecule is COc1ccc(C(=O)C(C)Oc2cccc(N)c2)cc1C. The van der Waals surface area contributed by atoms with E-state index >= 15 is 0 Å². The zero-order chi connectivity index (χ0) is 15.4. The number of carbonyl (C=O) groups is 1. The van der Waals surface area contributed by atoms with E-state index in [0.29, 0.717) is 17.0 Å². The topological polar surface area (TPSA) is 61.5 Å². The van der Waals surface area contributed by atoms with Crippen LogP contribution in [0.15, 0.2) is 42.5 Å². The molecule has 1 unspecified atom stereocenters. The molecule has 2 aromatic carbocycles.